The van der Waals surface area contributed by atoms with E-state index in [1.54, 1.807) is 18.3 Å². The third-order valence-electron chi connectivity index (χ3n) is 5.05. The second kappa shape index (κ2) is 9.23. The van der Waals surface area contributed by atoms with Crippen LogP contribution in [0.4, 0.5) is 10.5 Å². The second-order valence-electron chi connectivity index (χ2n) is 8.28. The quantitative estimate of drug-likeness (QED) is 0.567. The van der Waals surface area contributed by atoms with Gasteiger partial charge in [0.2, 0.25) is 5.88 Å². The summed E-state index contributed by atoms with van der Waals surface area (Å²) < 4.78 is 5.53. The Kier molecular flexibility index (Phi) is 6.72. The van der Waals surface area contributed by atoms with Crippen molar-refractivity contribution in [2.75, 3.05) is 25.0 Å². The van der Waals surface area contributed by atoms with Crippen LogP contribution in [-0.2, 0) is 4.79 Å². The van der Waals surface area contributed by atoms with Gasteiger partial charge in [0, 0.05) is 24.7 Å². The maximum Gasteiger partial charge on any atom is 0.319 e. The van der Waals surface area contributed by atoms with Crippen LogP contribution in [0, 0.1) is 11.8 Å². The van der Waals surface area contributed by atoms with Crippen molar-refractivity contribution in [1.29, 1.82) is 0 Å². The molecule has 0 atom stereocenters. The Bertz CT molecular complexity index is 669. The molecule has 1 heterocycles. The molecule has 3 rings (SSSR count). The molecular formula is C20H30N4O4. The number of aromatic nitrogens is 1. The first-order valence-corrected chi connectivity index (χ1v) is 10.0. The zero-order valence-electron chi connectivity index (χ0n) is 16.6. The average molecular weight is 390 g/mol. The van der Waals surface area contributed by atoms with E-state index in [1.165, 1.54) is 12.8 Å². The van der Waals surface area contributed by atoms with Crippen molar-refractivity contribution in [3.63, 3.8) is 0 Å². The summed E-state index contributed by atoms with van der Waals surface area (Å²) in [5, 5.41) is 14.8. The third-order valence-corrected chi connectivity index (χ3v) is 5.05. The molecule has 28 heavy (non-hydrogen) atoms. The van der Waals surface area contributed by atoms with Crippen LogP contribution in [0.1, 0.15) is 39.5 Å². The van der Waals surface area contributed by atoms with Crippen molar-refractivity contribution in [2.24, 2.45) is 11.8 Å². The SMILES string of the molecule is CC(C)COc1ccc(NC(=O)NC2CC(N(CC(=O)O)CC3CC3)C2)cn1. The number of anilines is 1. The lowest BCUT2D eigenvalue weighted by Crippen LogP contribution is -2.55. The fourth-order valence-corrected chi connectivity index (χ4v) is 3.30. The Balaban J connectivity index is 1.39. The molecule has 8 nitrogen and oxygen atoms in total. The largest absolute Gasteiger partial charge is 0.480 e. The molecule has 3 N–H and O–H groups in total. The van der Waals surface area contributed by atoms with Gasteiger partial charge in [-0.3, -0.25) is 9.69 Å². The number of carbonyl (C=O) groups is 2. The Morgan fingerprint density at radius 3 is 2.64 bits per heavy atom. The Morgan fingerprint density at radius 2 is 2.07 bits per heavy atom. The molecule has 0 spiro atoms. The fraction of sp³-hybridized carbons (Fsp3) is 0.650. The molecule has 0 unspecified atom stereocenters. The zero-order valence-corrected chi connectivity index (χ0v) is 16.6. The highest BCUT2D eigenvalue weighted by Gasteiger charge is 2.37. The van der Waals surface area contributed by atoms with E-state index in [2.05, 4.69) is 34.4 Å². The lowest BCUT2D eigenvalue weighted by atomic mass is 9.85. The van der Waals surface area contributed by atoms with Gasteiger partial charge in [0.05, 0.1) is 25.0 Å². The van der Waals surface area contributed by atoms with Crippen LogP contribution in [0.15, 0.2) is 18.3 Å². The van der Waals surface area contributed by atoms with Gasteiger partial charge in [-0.15, -0.1) is 0 Å². The van der Waals surface area contributed by atoms with Crippen LogP contribution in [0.3, 0.4) is 0 Å². The minimum absolute atomic E-state index is 0.0714. The highest BCUT2D eigenvalue weighted by molar-refractivity contribution is 5.89. The normalized spacial score (nSPS) is 21.3. The molecule has 1 aromatic heterocycles. The summed E-state index contributed by atoms with van der Waals surface area (Å²) in [5.74, 6) is 0.820. The highest BCUT2D eigenvalue weighted by atomic mass is 16.5. The minimum Gasteiger partial charge on any atom is -0.480 e. The van der Waals surface area contributed by atoms with Crippen molar-refractivity contribution in [3.8, 4) is 5.88 Å². The van der Waals surface area contributed by atoms with Crippen molar-refractivity contribution in [3.05, 3.63) is 18.3 Å². The fourth-order valence-electron chi connectivity index (χ4n) is 3.30. The Hall–Kier alpha value is -2.35. The van der Waals surface area contributed by atoms with Gasteiger partial charge in [0.15, 0.2) is 0 Å². The van der Waals surface area contributed by atoms with Gasteiger partial charge in [0.1, 0.15) is 0 Å². The van der Waals surface area contributed by atoms with Crippen LogP contribution in [0.2, 0.25) is 0 Å². The van der Waals surface area contributed by atoms with E-state index in [0.29, 0.717) is 30.0 Å². The summed E-state index contributed by atoms with van der Waals surface area (Å²) >= 11 is 0. The zero-order chi connectivity index (χ0) is 20.1. The number of ether oxygens (including phenoxy) is 1. The number of amides is 2. The molecule has 2 aliphatic rings. The van der Waals surface area contributed by atoms with E-state index < -0.39 is 5.97 Å². The highest BCUT2D eigenvalue weighted by Crippen LogP contribution is 2.33. The van der Waals surface area contributed by atoms with E-state index in [0.717, 1.165) is 19.4 Å². The summed E-state index contributed by atoms with van der Waals surface area (Å²) in [6.07, 6.45) is 5.54. The van der Waals surface area contributed by atoms with E-state index >= 15 is 0 Å². The number of urea groups is 1. The molecule has 0 aliphatic heterocycles. The lowest BCUT2D eigenvalue weighted by Gasteiger charge is -2.42. The summed E-state index contributed by atoms with van der Waals surface area (Å²) in [6, 6.07) is 3.53. The monoisotopic (exact) mass is 390 g/mol. The van der Waals surface area contributed by atoms with Crippen molar-refractivity contribution >= 4 is 17.7 Å². The second-order valence-corrected chi connectivity index (χ2v) is 8.28. The number of nitrogens with zero attached hydrogens (tertiary/aromatic N) is 2. The molecule has 2 fully saturated rings. The number of rotatable bonds is 10. The summed E-state index contributed by atoms with van der Waals surface area (Å²) in [7, 11) is 0. The maximum absolute atomic E-state index is 12.2. The first-order chi connectivity index (χ1) is 13.4. The molecule has 2 amide bonds. The molecule has 0 aromatic carbocycles. The predicted octanol–water partition coefficient (Wildman–Crippen LogP) is 2.57. The summed E-state index contributed by atoms with van der Waals surface area (Å²) in [4.78, 5) is 29.5. The molecule has 0 bridgehead atoms. The van der Waals surface area contributed by atoms with Crippen LogP contribution in [0.25, 0.3) is 0 Å². The van der Waals surface area contributed by atoms with Gasteiger partial charge < -0.3 is 20.5 Å². The van der Waals surface area contributed by atoms with Gasteiger partial charge in [-0.05, 0) is 43.6 Å². The van der Waals surface area contributed by atoms with Gasteiger partial charge in [-0.25, -0.2) is 9.78 Å². The number of nitrogens with one attached hydrogen (secondary N) is 2. The molecule has 2 saturated carbocycles. The topological polar surface area (TPSA) is 104 Å². The molecule has 2 aliphatic carbocycles. The number of hydrogen-bond donors (Lipinski definition) is 3. The van der Waals surface area contributed by atoms with Crippen molar-refractivity contribution < 1.29 is 19.4 Å². The van der Waals surface area contributed by atoms with E-state index in [-0.39, 0.29) is 24.7 Å². The first-order valence-electron chi connectivity index (χ1n) is 10.0. The minimum atomic E-state index is -0.789. The van der Waals surface area contributed by atoms with Crippen LogP contribution in [0.5, 0.6) is 5.88 Å². The number of aliphatic carboxylic acids is 1. The molecule has 154 valence electrons. The summed E-state index contributed by atoms with van der Waals surface area (Å²) in [5.41, 5.74) is 0.603. The van der Waals surface area contributed by atoms with Gasteiger partial charge >= 0.3 is 12.0 Å². The molecular weight excluding hydrogens is 360 g/mol. The first kappa shape index (κ1) is 20.4. The van der Waals surface area contributed by atoms with Crippen LogP contribution < -0.4 is 15.4 Å². The molecule has 8 heteroatoms. The smallest absolute Gasteiger partial charge is 0.319 e. The van der Waals surface area contributed by atoms with E-state index in [1.807, 2.05) is 0 Å². The Morgan fingerprint density at radius 1 is 1.32 bits per heavy atom. The van der Waals surface area contributed by atoms with Gasteiger partial charge in [-0.1, -0.05) is 13.8 Å². The molecule has 0 saturated heterocycles. The predicted molar refractivity (Wildman–Crippen MR) is 105 cm³/mol. The number of carboxylic acid groups (broad SMARTS) is 1. The third kappa shape index (κ3) is 6.37. The molecule has 0 radical (unpaired) electrons. The number of hydrogen-bond acceptors (Lipinski definition) is 5. The molecule has 1 aromatic rings. The number of carbonyl (C=O) groups excluding carboxylic acids is 1. The van der Waals surface area contributed by atoms with Crippen molar-refractivity contribution in [1.82, 2.24) is 15.2 Å². The maximum atomic E-state index is 12.2. The van der Waals surface area contributed by atoms with Crippen molar-refractivity contribution in [2.45, 2.75) is 51.6 Å². The number of pyridine rings is 1. The standard InChI is InChI=1S/C20H30N4O4/c1-13(2)12-28-18-6-5-15(9-21-18)22-20(27)23-16-7-17(8-16)24(11-19(25)26)10-14-3-4-14/h5-6,9,13-14,16-17H,3-4,7-8,10-12H2,1-2H3,(H,25,26)(H2,22,23,27). The Labute approximate surface area is 165 Å². The van der Waals surface area contributed by atoms with Crippen LogP contribution >= 0.6 is 0 Å². The summed E-state index contributed by atoms with van der Waals surface area (Å²) in [6.45, 7) is 5.67. The van der Waals surface area contributed by atoms with E-state index in [9.17, 15) is 9.59 Å². The average Bonchev–Trinajstić information content (AvgIpc) is 3.40. The van der Waals surface area contributed by atoms with Gasteiger partial charge in [-0.2, -0.15) is 0 Å². The number of carboxylic acids is 1. The van der Waals surface area contributed by atoms with Crippen LogP contribution in [-0.4, -0.2) is 58.8 Å². The lowest BCUT2D eigenvalue weighted by molar-refractivity contribution is -0.139. The van der Waals surface area contributed by atoms with E-state index in [4.69, 9.17) is 9.84 Å². The van der Waals surface area contributed by atoms with Gasteiger partial charge in [0.25, 0.3) is 0 Å².